The van der Waals surface area contributed by atoms with Crippen LogP contribution in [0.2, 0.25) is 5.02 Å². The second kappa shape index (κ2) is 5.73. The Balaban J connectivity index is 2.10. The maximum absolute atomic E-state index is 12.6. The fourth-order valence-corrected chi connectivity index (χ4v) is 2.61. The van der Waals surface area contributed by atoms with Crippen molar-refractivity contribution >= 4 is 23.5 Å². The number of fused-ring (bicyclic) bond motifs is 1. The van der Waals surface area contributed by atoms with Gasteiger partial charge in [0, 0.05) is 6.07 Å². The SMILES string of the molecule is COc1cc2c(c(OC)c1Cl)C(=O)C(=Cc1ccccc1)O2. The molecule has 0 atom stereocenters. The molecule has 0 unspecified atom stereocenters. The first-order valence-electron chi connectivity index (χ1n) is 6.59. The number of hydrogen-bond acceptors (Lipinski definition) is 4. The van der Waals surface area contributed by atoms with Crippen molar-refractivity contribution in [3.8, 4) is 17.2 Å². The molecule has 0 aliphatic carbocycles. The van der Waals surface area contributed by atoms with Gasteiger partial charge in [-0.1, -0.05) is 41.9 Å². The fourth-order valence-electron chi connectivity index (χ4n) is 2.31. The van der Waals surface area contributed by atoms with E-state index in [2.05, 4.69) is 0 Å². The van der Waals surface area contributed by atoms with Gasteiger partial charge in [-0.05, 0) is 11.6 Å². The second-order valence-corrected chi connectivity index (χ2v) is 5.03. The first-order chi connectivity index (χ1) is 10.7. The quantitative estimate of drug-likeness (QED) is 0.804. The number of methoxy groups -OCH3 is 2. The lowest BCUT2D eigenvalue weighted by molar-refractivity contribution is 0.101. The normalized spacial score (nSPS) is 14.7. The standard InChI is InChI=1S/C17H13ClO4/c1-20-12-9-11-14(17(21-2)15(12)18)16(19)13(22-11)8-10-6-4-3-5-7-10/h3-9H,1-2H3. The summed E-state index contributed by atoms with van der Waals surface area (Å²) in [6.07, 6.45) is 1.68. The van der Waals surface area contributed by atoms with Crippen molar-refractivity contribution in [3.05, 3.63) is 58.3 Å². The molecule has 0 spiro atoms. The zero-order valence-electron chi connectivity index (χ0n) is 12.1. The Morgan fingerprint density at radius 1 is 1.14 bits per heavy atom. The summed E-state index contributed by atoms with van der Waals surface area (Å²) < 4.78 is 16.1. The Morgan fingerprint density at radius 2 is 1.86 bits per heavy atom. The van der Waals surface area contributed by atoms with E-state index in [1.807, 2.05) is 30.3 Å². The Labute approximate surface area is 132 Å². The third-order valence-electron chi connectivity index (χ3n) is 3.34. The molecular formula is C17H13ClO4. The van der Waals surface area contributed by atoms with Gasteiger partial charge in [0.05, 0.1) is 14.2 Å². The van der Waals surface area contributed by atoms with Crippen molar-refractivity contribution < 1.29 is 19.0 Å². The molecular weight excluding hydrogens is 304 g/mol. The molecule has 3 rings (SSSR count). The summed E-state index contributed by atoms with van der Waals surface area (Å²) in [5.41, 5.74) is 1.19. The van der Waals surface area contributed by atoms with Gasteiger partial charge in [0.25, 0.3) is 0 Å². The molecule has 2 aromatic rings. The summed E-state index contributed by atoms with van der Waals surface area (Å²) >= 11 is 6.19. The first-order valence-corrected chi connectivity index (χ1v) is 6.97. The van der Waals surface area contributed by atoms with Gasteiger partial charge in [0.1, 0.15) is 22.1 Å². The number of hydrogen-bond donors (Lipinski definition) is 0. The van der Waals surface area contributed by atoms with Gasteiger partial charge in [-0.3, -0.25) is 4.79 Å². The topological polar surface area (TPSA) is 44.8 Å². The molecule has 1 aliphatic heterocycles. The molecule has 0 radical (unpaired) electrons. The van der Waals surface area contributed by atoms with Crippen LogP contribution in [-0.4, -0.2) is 20.0 Å². The molecule has 2 aromatic carbocycles. The van der Waals surface area contributed by atoms with Crippen molar-refractivity contribution in [2.24, 2.45) is 0 Å². The maximum atomic E-state index is 12.6. The van der Waals surface area contributed by atoms with Gasteiger partial charge < -0.3 is 14.2 Å². The highest BCUT2D eigenvalue weighted by Crippen LogP contribution is 2.47. The zero-order chi connectivity index (χ0) is 15.7. The van der Waals surface area contributed by atoms with Gasteiger partial charge in [-0.25, -0.2) is 0 Å². The molecule has 0 N–H and O–H groups in total. The molecule has 1 aliphatic rings. The van der Waals surface area contributed by atoms with E-state index in [1.54, 1.807) is 12.1 Å². The fraction of sp³-hybridized carbons (Fsp3) is 0.118. The third-order valence-corrected chi connectivity index (χ3v) is 3.70. The average Bonchev–Trinajstić information content (AvgIpc) is 2.84. The van der Waals surface area contributed by atoms with Crippen LogP contribution in [0.5, 0.6) is 17.2 Å². The van der Waals surface area contributed by atoms with Crippen LogP contribution in [0.3, 0.4) is 0 Å². The molecule has 0 saturated carbocycles. The van der Waals surface area contributed by atoms with Crippen LogP contribution in [-0.2, 0) is 0 Å². The van der Waals surface area contributed by atoms with Crippen LogP contribution >= 0.6 is 11.6 Å². The molecule has 0 saturated heterocycles. The highest BCUT2D eigenvalue weighted by Gasteiger charge is 2.34. The number of ether oxygens (including phenoxy) is 3. The van der Waals surface area contributed by atoms with Crippen LogP contribution in [0.1, 0.15) is 15.9 Å². The van der Waals surface area contributed by atoms with Crippen molar-refractivity contribution in [1.82, 2.24) is 0 Å². The third kappa shape index (κ3) is 2.31. The molecule has 1 heterocycles. The van der Waals surface area contributed by atoms with Gasteiger partial charge >= 0.3 is 0 Å². The molecule has 0 aromatic heterocycles. The molecule has 4 nitrogen and oxygen atoms in total. The number of rotatable bonds is 3. The molecule has 0 fully saturated rings. The Bertz CT molecular complexity index is 766. The number of carbonyl (C=O) groups excluding carboxylic acids is 1. The summed E-state index contributed by atoms with van der Waals surface area (Å²) in [5.74, 6) is 0.998. The smallest absolute Gasteiger partial charge is 0.235 e. The van der Waals surface area contributed by atoms with Gasteiger partial charge in [0.15, 0.2) is 11.5 Å². The van der Waals surface area contributed by atoms with E-state index in [1.165, 1.54) is 14.2 Å². The minimum atomic E-state index is -0.264. The Morgan fingerprint density at radius 3 is 2.50 bits per heavy atom. The summed E-state index contributed by atoms with van der Waals surface area (Å²) in [4.78, 5) is 12.6. The molecule has 112 valence electrons. The van der Waals surface area contributed by atoms with Crippen LogP contribution in [0, 0.1) is 0 Å². The molecule has 22 heavy (non-hydrogen) atoms. The number of halogens is 1. The predicted molar refractivity (Wildman–Crippen MR) is 83.9 cm³/mol. The summed E-state index contributed by atoms with van der Waals surface area (Å²) in [7, 11) is 2.94. The average molecular weight is 317 g/mol. The second-order valence-electron chi connectivity index (χ2n) is 4.65. The summed E-state index contributed by atoms with van der Waals surface area (Å²) in [6, 6.07) is 11.0. The monoisotopic (exact) mass is 316 g/mol. The van der Waals surface area contributed by atoms with Crippen LogP contribution in [0.4, 0.5) is 0 Å². The Kier molecular flexibility index (Phi) is 3.77. The van der Waals surface area contributed by atoms with Gasteiger partial charge in [0.2, 0.25) is 5.78 Å². The van der Waals surface area contributed by atoms with E-state index >= 15 is 0 Å². The van der Waals surface area contributed by atoms with E-state index in [9.17, 15) is 4.79 Å². The number of ketones is 1. The lowest BCUT2D eigenvalue weighted by Crippen LogP contribution is -2.00. The van der Waals surface area contributed by atoms with Crippen molar-refractivity contribution in [1.29, 1.82) is 0 Å². The lowest BCUT2D eigenvalue weighted by atomic mass is 10.1. The molecule has 5 heteroatoms. The summed E-state index contributed by atoms with van der Waals surface area (Å²) in [6.45, 7) is 0. The van der Waals surface area contributed by atoms with E-state index in [0.717, 1.165) is 5.56 Å². The van der Waals surface area contributed by atoms with Crippen molar-refractivity contribution in [2.75, 3.05) is 14.2 Å². The molecule has 0 bridgehead atoms. The zero-order valence-corrected chi connectivity index (χ0v) is 12.8. The molecule has 0 amide bonds. The van der Waals surface area contributed by atoms with Crippen LogP contribution in [0.25, 0.3) is 6.08 Å². The predicted octanol–water partition coefficient (Wildman–Crippen LogP) is 3.97. The highest BCUT2D eigenvalue weighted by molar-refractivity contribution is 6.35. The maximum Gasteiger partial charge on any atom is 0.235 e. The number of benzene rings is 2. The summed E-state index contributed by atoms with van der Waals surface area (Å²) in [5, 5.41) is 0.252. The Hall–Kier alpha value is -2.46. The highest BCUT2D eigenvalue weighted by atomic mass is 35.5. The van der Waals surface area contributed by atoms with Crippen molar-refractivity contribution in [2.45, 2.75) is 0 Å². The minimum Gasteiger partial charge on any atom is -0.495 e. The van der Waals surface area contributed by atoms with E-state index in [0.29, 0.717) is 17.1 Å². The number of carbonyl (C=O) groups is 1. The van der Waals surface area contributed by atoms with E-state index < -0.39 is 0 Å². The number of allylic oxidation sites excluding steroid dienone is 1. The van der Waals surface area contributed by atoms with Gasteiger partial charge in [-0.2, -0.15) is 0 Å². The number of Topliss-reactive ketones (excluding diaryl/α,β-unsaturated/α-hetero) is 1. The van der Waals surface area contributed by atoms with Crippen molar-refractivity contribution in [3.63, 3.8) is 0 Å². The minimum absolute atomic E-state index is 0.226. The van der Waals surface area contributed by atoms with Crippen LogP contribution in [0.15, 0.2) is 42.2 Å². The lowest BCUT2D eigenvalue weighted by Gasteiger charge is -2.10. The largest absolute Gasteiger partial charge is 0.495 e. The van der Waals surface area contributed by atoms with E-state index in [4.69, 9.17) is 25.8 Å². The van der Waals surface area contributed by atoms with E-state index in [-0.39, 0.29) is 22.3 Å². The van der Waals surface area contributed by atoms with Gasteiger partial charge in [-0.15, -0.1) is 0 Å². The first kappa shape index (κ1) is 14.5. The van der Waals surface area contributed by atoms with Crippen LogP contribution < -0.4 is 14.2 Å².